The Balaban J connectivity index is 2.24. The molecule has 0 bridgehead atoms. The molecule has 0 aliphatic carbocycles. The van der Waals surface area contributed by atoms with Crippen LogP contribution >= 0.6 is 23.2 Å². The van der Waals surface area contributed by atoms with Gasteiger partial charge in [0.1, 0.15) is 0 Å². The number of amides is 1. The fraction of sp³-hybridized carbons (Fsp3) is 0.448. The van der Waals surface area contributed by atoms with Gasteiger partial charge in [0.05, 0.1) is 21.0 Å². The van der Waals surface area contributed by atoms with Gasteiger partial charge in [0, 0.05) is 24.0 Å². The maximum absolute atomic E-state index is 14.3. The Bertz CT molecular complexity index is 1360. The van der Waals surface area contributed by atoms with Crippen molar-refractivity contribution < 1.29 is 18.0 Å². The van der Waals surface area contributed by atoms with Gasteiger partial charge in [-0.1, -0.05) is 88.2 Å². The molecule has 0 saturated heterocycles. The first-order chi connectivity index (χ1) is 17.6. The number of aryl methyl sites for hydroxylation is 1. The molecule has 2 aromatic rings. The molecule has 3 rings (SSSR count). The van der Waals surface area contributed by atoms with Crippen LogP contribution in [0.1, 0.15) is 64.6 Å². The van der Waals surface area contributed by atoms with Gasteiger partial charge in [-0.3, -0.25) is 9.59 Å². The van der Waals surface area contributed by atoms with E-state index in [4.69, 9.17) is 28.9 Å². The third-order valence-electron chi connectivity index (χ3n) is 6.87. The van der Waals surface area contributed by atoms with E-state index in [1.807, 2.05) is 34.6 Å². The molecule has 9 heteroatoms. The first kappa shape index (κ1) is 30.4. The molecule has 0 spiro atoms. The van der Waals surface area contributed by atoms with Crippen LogP contribution in [-0.2, 0) is 19.6 Å². The summed E-state index contributed by atoms with van der Waals surface area (Å²) in [5, 5.41) is 0.565. The first-order valence-corrected chi connectivity index (χ1v) is 14.8. The van der Waals surface area contributed by atoms with E-state index >= 15 is 0 Å². The van der Waals surface area contributed by atoms with Gasteiger partial charge in [0.2, 0.25) is 15.9 Å². The summed E-state index contributed by atoms with van der Waals surface area (Å²) in [7, 11) is -4.09. The minimum absolute atomic E-state index is 0.105. The second kappa shape index (κ2) is 11.5. The molecule has 2 N–H and O–H groups in total. The van der Waals surface area contributed by atoms with Gasteiger partial charge in [-0.25, -0.2) is 8.42 Å². The van der Waals surface area contributed by atoms with Gasteiger partial charge in [0.25, 0.3) is 0 Å². The zero-order valence-corrected chi connectivity index (χ0v) is 25.0. The van der Waals surface area contributed by atoms with Crippen molar-refractivity contribution in [2.45, 2.75) is 71.4 Å². The van der Waals surface area contributed by atoms with Crippen LogP contribution in [0.3, 0.4) is 0 Å². The summed E-state index contributed by atoms with van der Waals surface area (Å²) < 4.78 is 30.1. The number of carbonyl (C=O) groups is 2. The monoisotopic (exact) mass is 578 g/mol. The molecule has 206 valence electrons. The highest BCUT2D eigenvalue weighted by atomic mass is 35.5. The number of halogens is 2. The van der Waals surface area contributed by atoms with Crippen LogP contribution in [0, 0.1) is 24.2 Å². The van der Waals surface area contributed by atoms with Crippen LogP contribution in [0.25, 0.3) is 0 Å². The summed E-state index contributed by atoms with van der Waals surface area (Å²) in [6, 6.07) is 10.0. The molecule has 1 heterocycles. The van der Waals surface area contributed by atoms with E-state index in [-0.39, 0.29) is 28.0 Å². The van der Waals surface area contributed by atoms with E-state index in [2.05, 4.69) is 0 Å². The lowest BCUT2D eigenvalue weighted by Gasteiger charge is -2.37. The lowest BCUT2D eigenvalue weighted by Crippen LogP contribution is -2.45. The van der Waals surface area contributed by atoms with Gasteiger partial charge in [-0.05, 0) is 54.0 Å². The molecule has 1 aliphatic heterocycles. The van der Waals surface area contributed by atoms with Crippen LogP contribution in [0.15, 0.2) is 59.0 Å². The summed E-state index contributed by atoms with van der Waals surface area (Å²) in [5.41, 5.74) is 6.50. The molecule has 0 unspecified atom stereocenters. The number of Topliss-reactive ketones (excluding diaryl/α,β-unsaturated/α-hetero) is 1. The van der Waals surface area contributed by atoms with Crippen LogP contribution in [0.4, 0.5) is 0 Å². The van der Waals surface area contributed by atoms with Gasteiger partial charge < -0.3 is 5.73 Å². The average Bonchev–Trinajstić information content (AvgIpc) is 3.22. The number of carbonyl (C=O) groups excluding carboxylic acids is 2. The summed E-state index contributed by atoms with van der Waals surface area (Å²) >= 11 is 12.6. The fourth-order valence-corrected chi connectivity index (χ4v) is 7.42. The Hall–Kier alpha value is -2.19. The zero-order valence-electron chi connectivity index (χ0n) is 22.7. The van der Waals surface area contributed by atoms with Crippen molar-refractivity contribution in [3.63, 3.8) is 0 Å². The van der Waals surface area contributed by atoms with Crippen molar-refractivity contribution >= 4 is 44.9 Å². The van der Waals surface area contributed by atoms with E-state index < -0.39 is 39.3 Å². The summed E-state index contributed by atoms with van der Waals surface area (Å²) in [5.74, 6) is -1.37. The van der Waals surface area contributed by atoms with Gasteiger partial charge in [0.15, 0.2) is 5.78 Å². The van der Waals surface area contributed by atoms with Crippen molar-refractivity contribution in [1.29, 1.82) is 0 Å². The minimum Gasteiger partial charge on any atom is -0.369 e. The van der Waals surface area contributed by atoms with Crippen molar-refractivity contribution in [2.24, 2.45) is 23.0 Å². The molecular formula is C29H36Cl2N2O4S. The van der Waals surface area contributed by atoms with E-state index in [0.717, 1.165) is 0 Å². The number of benzene rings is 2. The molecule has 0 fully saturated rings. The molecule has 3 atom stereocenters. The zero-order chi connectivity index (χ0) is 28.6. The number of sulfonamides is 1. The average molecular weight is 580 g/mol. The molecule has 0 radical (unpaired) electrons. The molecule has 0 aromatic heterocycles. The van der Waals surface area contributed by atoms with Crippen LogP contribution in [-0.4, -0.2) is 30.5 Å². The van der Waals surface area contributed by atoms with E-state index in [9.17, 15) is 18.0 Å². The lowest BCUT2D eigenvalue weighted by molar-refractivity contribution is -0.126. The van der Waals surface area contributed by atoms with E-state index in [1.54, 1.807) is 55.5 Å². The van der Waals surface area contributed by atoms with Crippen LogP contribution in [0.2, 0.25) is 10.0 Å². The standard InChI is InChI=1S/C29H36Cl2N2O4S/c1-17(2)13-20(28(32)35)15-24(34)21-16-26(29(4,5)6)33(27(21)19-11-12-22(30)23(31)14-19)38(36,37)25-10-8-7-9-18(25)3/h7-12,14,16-17,20,26-27H,13,15H2,1-6H3,(H2,32,35)/t20-,26+,27+/m1/s1. The second-order valence-corrected chi connectivity index (χ2v) is 14.1. The largest absolute Gasteiger partial charge is 0.369 e. The molecule has 2 aromatic carbocycles. The number of ketones is 1. The Kier molecular flexibility index (Phi) is 9.19. The number of primary amides is 1. The minimum atomic E-state index is -4.09. The van der Waals surface area contributed by atoms with Crippen molar-refractivity contribution in [3.05, 3.63) is 75.3 Å². The predicted octanol–water partition coefficient (Wildman–Crippen LogP) is 6.50. The van der Waals surface area contributed by atoms with Gasteiger partial charge in [-0.15, -0.1) is 0 Å². The van der Waals surface area contributed by atoms with Crippen LogP contribution < -0.4 is 5.73 Å². The number of hydrogen-bond donors (Lipinski definition) is 1. The number of nitrogens with zero attached hydrogens (tertiary/aromatic N) is 1. The highest BCUT2D eigenvalue weighted by Crippen LogP contribution is 2.47. The third kappa shape index (κ3) is 6.33. The molecule has 0 saturated carbocycles. The number of rotatable bonds is 9. The quantitative estimate of drug-likeness (QED) is 0.367. The van der Waals surface area contributed by atoms with E-state index in [0.29, 0.717) is 28.1 Å². The van der Waals surface area contributed by atoms with E-state index in [1.165, 1.54) is 4.31 Å². The van der Waals surface area contributed by atoms with Crippen molar-refractivity contribution in [1.82, 2.24) is 4.31 Å². The molecule has 6 nitrogen and oxygen atoms in total. The Morgan fingerprint density at radius 2 is 1.68 bits per heavy atom. The maximum Gasteiger partial charge on any atom is 0.244 e. The highest BCUT2D eigenvalue weighted by molar-refractivity contribution is 7.89. The third-order valence-corrected chi connectivity index (χ3v) is 9.61. The van der Waals surface area contributed by atoms with Crippen molar-refractivity contribution in [3.8, 4) is 0 Å². The highest BCUT2D eigenvalue weighted by Gasteiger charge is 2.50. The Morgan fingerprint density at radius 1 is 1.05 bits per heavy atom. The lowest BCUT2D eigenvalue weighted by atomic mass is 9.86. The van der Waals surface area contributed by atoms with Gasteiger partial charge in [-0.2, -0.15) is 4.31 Å². The molecule has 1 aliphatic rings. The normalized spacial score (nSPS) is 19.4. The van der Waals surface area contributed by atoms with Gasteiger partial charge >= 0.3 is 0 Å². The smallest absolute Gasteiger partial charge is 0.244 e. The summed E-state index contributed by atoms with van der Waals surface area (Å²) in [6.45, 7) is 11.4. The molecular weight excluding hydrogens is 543 g/mol. The Labute approximate surface area is 236 Å². The number of hydrogen-bond acceptors (Lipinski definition) is 4. The fourth-order valence-electron chi connectivity index (χ4n) is 4.98. The summed E-state index contributed by atoms with van der Waals surface area (Å²) in [6.07, 6.45) is 2.09. The Morgan fingerprint density at radius 3 is 2.21 bits per heavy atom. The maximum atomic E-state index is 14.3. The van der Waals surface area contributed by atoms with Crippen LogP contribution in [0.5, 0.6) is 0 Å². The topological polar surface area (TPSA) is 97.5 Å². The molecule has 1 amide bonds. The summed E-state index contributed by atoms with van der Waals surface area (Å²) in [4.78, 5) is 26.2. The SMILES string of the molecule is Cc1ccccc1S(=O)(=O)N1[C@@H](c2ccc(Cl)c(Cl)c2)C(C(=O)C[C@@H](CC(C)C)C(N)=O)=C[C@H]1C(C)(C)C. The van der Waals surface area contributed by atoms with Crippen molar-refractivity contribution in [2.75, 3.05) is 0 Å². The molecule has 38 heavy (non-hydrogen) atoms. The predicted molar refractivity (Wildman–Crippen MR) is 152 cm³/mol. The number of nitrogens with two attached hydrogens (primary N) is 1. The first-order valence-electron chi connectivity index (χ1n) is 12.6. The second-order valence-electron chi connectivity index (χ2n) is 11.5.